The molecule has 0 aliphatic heterocycles. The predicted molar refractivity (Wildman–Crippen MR) is 82.1 cm³/mol. The molecule has 0 N–H and O–H groups in total. The van der Waals surface area contributed by atoms with Crippen LogP contribution in [0.1, 0.15) is 61.4 Å². The van der Waals surface area contributed by atoms with Crippen LogP contribution in [0.25, 0.3) is 0 Å². The first kappa shape index (κ1) is 16.3. The summed E-state index contributed by atoms with van der Waals surface area (Å²) in [5.74, 6) is 0.592. The molecule has 0 atom stereocenters. The molecule has 1 aromatic carbocycles. The predicted octanol–water partition coefficient (Wildman–Crippen LogP) is 4.89. The fraction of sp³-hybridized carbons (Fsp3) is 0.611. The molecule has 23 heavy (non-hydrogen) atoms. The Morgan fingerprint density at radius 3 is 1.87 bits per heavy atom. The molecule has 126 valence electrons. The highest BCUT2D eigenvalue weighted by Crippen LogP contribution is 2.36. The van der Waals surface area contributed by atoms with Crippen molar-refractivity contribution in [1.29, 1.82) is 0 Å². The summed E-state index contributed by atoms with van der Waals surface area (Å²) in [5, 5.41) is 0. The Balaban J connectivity index is 1.76. The molecule has 0 saturated heterocycles. The van der Waals surface area contributed by atoms with Crippen molar-refractivity contribution in [2.24, 2.45) is 5.92 Å². The number of carbonyl (C=O) groups excluding carboxylic acids is 1. The summed E-state index contributed by atoms with van der Waals surface area (Å²) >= 11 is 0. The van der Waals surface area contributed by atoms with Gasteiger partial charge in [-0.05, 0) is 68.7 Å². The number of benzene rings is 1. The topological polar surface area (TPSA) is 20.3 Å². The van der Waals surface area contributed by atoms with E-state index in [-0.39, 0.29) is 18.0 Å². The number of amides is 1. The van der Waals surface area contributed by atoms with Crippen LogP contribution in [0, 0.1) is 5.92 Å². The molecule has 2 nitrogen and oxygen atoms in total. The lowest BCUT2D eigenvalue weighted by molar-refractivity contribution is -0.137. The van der Waals surface area contributed by atoms with Crippen molar-refractivity contribution in [2.75, 3.05) is 0 Å². The van der Waals surface area contributed by atoms with E-state index < -0.39 is 11.7 Å². The number of carbonyl (C=O) groups is 1. The fourth-order valence-electron chi connectivity index (χ4n) is 3.45. The zero-order valence-electron chi connectivity index (χ0n) is 13.3. The summed E-state index contributed by atoms with van der Waals surface area (Å²) in [6.07, 6.45) is 1.91. The monoisotopic (exact) mass is 325 g/mol. The van der Waals surface area contributed by atoms with E-state index in [2.05, 4.69) is 6.92 Å². The first-order valence-electron chi connectivity index (χ1n) is 8.36. The SMILES string of the molecule is CC1CCC(N(C(=O)c2ccc(C(F)(F)F)cc2)C2CC2)CC1. The maximum Gasteiger partial charge on any atom is 0.416 e. The van der Waals surface area contributed by atoms with Crippen LogP contribution in [0.5, 0.6) is 0 Å². The number of nitrogens with zero attached hydrogens (tertiary/aromatic N) is 1. The largest absolute Gasteiger partial charge is 0.416 e. The summed E-state index contributed by atoms with van der Waals surface area (Å²) in [6.45, 7) is 2.23. The fourth-order valence-corrected chi connectivity index (χ4v) is 3.45. The number of halogens is 3. The van der Waals surface area contributed by atoms with Crippen LogP contribution in [-0.4, -0.2) is 22.9 Å². The van der Waals surface area contributed by atoms with Crippen molar-refractivity contribution in [3.05, 3.63) is 35.4 Å². The number of hydrogen-bond donors (Lipinski definition) is 0. The molecule has 0 unspecified atom stereocenters. The van der Waals surface area contributed by atoms with Crippen LogP contribution in [0.3, 0.4) is 0 Å². The molecule has 0 aromatic heterocycles. The lowest BCUT2D eigenvalue weighted by Gasteiger charge is -2.36. The molecule has 0 heterocycles. The van der Waals surface area contributed by atoms with Gasteiger partial charge < -0.3 is 4.90 Å². The van der Waals surface area contributed by atoms with Crippen LogP contribution < -0.4 is 0 Å². The normalized spacial score (nSPS) is 25.2. The van der Waals surface area contributed by atoms with Gasteiger partial charge in [0.1, 0.15) is 0 Å². The van der Waals surface area contributed by atoms with Gasteiger partial charge in [0.05, 0.1) is 5.56 Å². The standard InChI is InChI=1S/C18H22F3NO/c1-12-2-8-15(9-3-12)22(16-10-11-16)17(23)13-4-6-14(7-5-13)18(19,20)21/h4-7,12,15-16H,2-3,8-11H2,1H3. The van der Waals surface area contributed by atoms with Gasteiger partial charge in [0, 0.05) is 17.6 Å². The Bertz CT molecular complexity index is 555. The molecular weight excluding hydrogens is 303 g/mol. The van der Waals surface area contributed by atoms with Crippen molar-refractivity contribution >= 4 is 5.91 Å². The lowest BCUT2D eigenvalue weighted by atomic mass is 9.86. The highest BCUT2D eigenvalue weighted by atomic mass is 19.4. The minimum absolute atomic E-state index is 0.110. The van der Waals surface area contributed by atoms with Gasteiger partial charge in [-0.1, -0.05) is 6.92 Å². The van der Waals surface area contributed by atoms with Gasteiger partial charge in [-0.15, -0.1) is 0 Å². The first-order valence-corrected chi connectivity index (χ1v) is 8.36. The van der Waals surface area contributed by atoms with E-state index in [1.807, 2.05) is 4.90 Å². The smallest absolute Gasteiger partial charge is 0.333 e. The summed E-state index contributed by atoms with van der Waals surface area (Å²) in [4.78, 5) is 14.8. The highest BCUT2D eigenvalue weighted by molar-refractivity contribution is 5.95. The molecule has 1 amide bonds. The zero-order chi connectivity index (χ0) is 16.6. The van der Waals surface area contributed by atoms with E-state index in [1.165, 1.54) is 12.1 Å². The van der Waals surface area contributed by atoms with E-state index in [0.29, 0.717) is 11.5 Å². The van der Waals surface area contributed by atoms with Crippen LogP contribution >= 0.6 is 0 Å². The van der Waals surface area contributed by atoms with Crippen LogP contribution in [0.2, 0.25) is 0 Å². The highest BCUT2D eigenvalue weighted by Gasteiger charge is 2.39. The van der Waals surface area contributed by atoms with Gasteiger partial charge in [-0.25, -0.2) is 0 Å². The van der Waals surface area contributed by atoms with Crippen LogP contribution in [0.4, 0.5) is 13.2 Å². The maximum atomic E-state index is 12.8. The van der Waals surface area contributed by atoms with Gasteiger partial charge in [0.15, 0.2) is 0 Å². The molecule has 0 bridgehead atoms. The third-order valence-electron chi connectivity index (χ3n) is 5.01. The minimum Gasteiger partial charge on any atom is -0.333 e. The van der Waals surface area contributed by atoms with Gasteiger partial charge in [-0.3, -0.25) is 4.79 Å². The first-order chi connectivity index (χ1) is 10.9. The summed E-state index contributed by atoms with van der Waals surface area (Å²) < 4.78 is 37.9. The van der Waals surface area contributed by atoms with Crippen molar-refractivity contribution in [3.63, 3.8) is 0 Å². The quantitative estimate of drug-likeness (QED) is 0.775. The van der Waals surface area contributed by atoms with Crippen LogP contribution in [0.15, 0.2) is 24.3 Å². The van der Waals surface area contributed by atoms with Crippen LogP contribution in [-0.2, 0) is 6.18 Å². The minimum atomic E-state index is -4.36. The van der Waals surface area contributed by atoms with Crippen molar-refractivity contribution in [2.45, 2.75) is 63.7 Å². The Hall–Kier alpha value is -1.52. The molecular formula is C18H22F3NO. The van der Waals surface area contributed by atoms with Gasteiger partial charge in [0.2, 0.25) is 0 Å². The summed E-state index contributed by atoms with van der Waals surface area (Å²) in [6, 6.07) is 5.15. The number of alkyl halides is 3. The Labute approximate surface area is 134 Å². The average molecular weight is 325 g/mol. The molecule has 2 aliphatic rings. The van der Waals surface area contributed by atoms with E-state index in [1.54, 1.807) is 0 Å². The molecule has 5 heteroatoms. The van der Waals surface area contributed by atoms with Gasteiger partial charge in [-0.2, -0.15) is 13.2 Å². The molecule has 0 radical (unpaired) electrons. The van der Waals surface area contributed by atoms with E-state index in [0.717, 1.165) is 50.7 Å². The lowest BCUT2D eigenvalue weighted by Crippen LogP contribution is -2.43. The third kappa shape index (κ3) is 3.70. The Kier molecular flexibility index (Phi) is 4.39. The molecule has 3 rings (SSSR count). The van der Waals surface area contributed by atoms with Crippen molar-refractivity contribution in [3.8, 4) is 0 Å². The molecule has 0 spiro atoms. The summed E-state index contributed by atoms with van der Waals surface area (Å²) in [7, 11) is 0. The van der Waals surface area contributed by atoms with E-state index >= 15 is 0 Å². The van der Waals surface area contributed by atoms with Gasteiger partial charge >= 0.3 is 6.18 Å². The Morgan fingerprint density at radius 1 is 0.957 bits per heavy atom. The van der Waals surface area contributed by atoms with Crippen molar-refractivity contribution in [1.82, 2.24) is 4.90 Å². The second kappa shape index (κ2) is 6.17. The summed E-state index contributed by atoms with van der Waals surface area (Å²) in [5.41, 5.74) is -0.345. The molecule has 2 fully saturated rings. The zero-order valence-corrected chi connectivity index (χ0v) is 13.3. The van der Waals surface area contributed by atoms with E-state index in [4.69, 9.17) is 0 Å². The molecule has 2 saturated carbocycles. The second-order valence-corrected chi connectivity index (χ2v) is 6.93. The average Bonchev–Trinajstić information content (AvgIpc) is 3.33. The third-order valence-corrected chi connectivity index (χ3v) is 5.01. The van der Waals surface area contributed by atoms with E-state index in [9.17, 15) is 18.0 Å². The maximum absolute atomic E-state index is 12.8. The number of rotatable bonds is 3. The Morgan fingerprint density at radius 2 is 1.43 bits per heavy atom. The van der Waals surface area contributed by atoms with Gasteiger partial charge in [0.25, 0.3) is 5.91 Å². The van der Waals surface area contributed by atoms with Crippen molar-refractivity contribution < 1.29 is 18.0 Å². The second-order valence-electron chi connectivity index (χ2n) is 6.93. The number of hydrogen-bond acceptors (Lipinski definition) is 1. The molecule has 2 aliphatic carbocycles. The molecule has 1 aromatic rings.